The van der Waals surface area contributed by atoms with Crippen LogP contribution in [-0.2, 0) is 16.1 Å². The maximum absolute atomic E-state index is 13.7. The first-order valence-electron chi connectivity index (χ1n) is 14.3. The number of aryl methyl sites for hydroxylation is 1. The molecule has 1 unspecified atom stereocenters. The molecular weight excluding hydrogens is 474 g/mol. The summed E-state index contributed by atoms with van der Waals surface area (Å²) in [5.41, 5.74) is 3.66. The number of para-hydroxylation sites is 1. The summed E-state index contributed by atoms with van der Waals surface area (Å²) < 4.78 is 2.01. The Bertz CT molecular complexity index is 1210. The first-order chi connectivity index (χ1) is 18.4. The van der Waals surface area contributed by atoms with Crippen molar-refractivity contribution in [2.75, 3.05) is 19.6 Å². The largest absolute Gasteiger partial charge is 0.342 e. The van der Waals surface area contributed by atoms with E-state index in [1.807, 2.05) is 27.8 Å². The monoisotopic (exact) mass is 515 g/mol. The summed E-state index contributed by atoms with van der Waals surface area (Å²) in [5.74, 6) is 6.64. The van der Waals surface area contributed by atoms with E-state index in [1.165, 1.54) is 24.8 Å². The molecule has 2 aliphatic heterocycles. The third kappa shape index (κ3) is 5.11. The van der Waals surface area contributed by atoms with Crippen LogP contribution in [-0.4, -0.2) is 62.6 Å². The molecule has 3 fully saturated rings. The van der Waals surface area contributed by atoms with Crippen LogP contribution in [0.15, 0.2) is 30.3 Å². The quantitative estimate of drug-likeness (QED) is 0.587. The molecule has 2 aromatic rings. The predicted octanol–water partition coefficient (Wildman–Crippen LogP) is 4.14. The predicted molar refractivity (Wildman–Crippen MR) is 149 cm³/mol. The lowest BCUT2D eigenvalue weighted by molar-refractivity contribution is -0.160. The molecule has 1 aromatic heterocycles. The highest BCUT2D eigenvalue weighted by atomic mass is 16.2. The molecule has 7 nitrogen and oxygen atoms in total. The SMILES string of the molecule is CC#CCN1C(=O)C(CC2CCCCC2)NC(=O)C12CCN(Cc1c(C)nn(-c3ccccc3)c1C)CC2. The number of carbonyl (C=O) groups is 2. The van der Waals surface area contributed by atoms with Crippen LogP contribution in [0, 0.1) is 31.6 Å². The lowest BCUT2D eigenvalue weighted by atomic mass is 9.79. The van der Waals surface area contributed by atoms with Crippen molar-refractivity contribution >= 4 is 11.8 Å². The molecule has 1 atom stereocenters. The summed E-state index contributed by atoms with van der Waals surface area (Å²) in [5, 5.41) is 7.99. The Labute approximate surface area is 226 Å². The lowest BCUT2D eigenvalue weighted by Gasteiger charge is -2.51. The Kier molecular flexibility index (Phi) is 7.90. The van der Waals surface area contributed by atoms with Gasteiger partial charge in [0.1, 0.15) is 11.6 Å². The maximum atomic E-state index is 13.7. The molecule has 1 N–H and O–H groups in total. The standard InChI is InChI=1S/C31H41N5O2/c1-4-5-18-35-29(37)28(21-25-12-8-6-9-13-25)32-30(38)31(35)16-19-34(20-17-31)22-27-23(2)33-36(24(27)3)26-14-10-7-11-15-26/h7,10-11,14-15,25,28H,6,8-9,12-13,16-22H2,1-3H3,(H,32,38). The van der Waals surface area contributed by atoms with E-state index in [0.717, 1.165) is 56.0 Å². The van der Waals surface area contributed by atoms with Gasteiger partial charge in [0, 0.05) is 30.9 Å². The van der Waals surface area contributed by atoms with Crippen LogP contribution < -0.4 is 5.32 Å². The topological polar surface area (TPSA) is 70.5 Å². The number of nitrogens with one attached hydrogen (secondary N) is 1. The van der Waals surface area contributed by atoms with Gasteiger partial charge < -0.3 is 10.2 Å². The van der Waals surface area contributed by atoms with Gasteiger partial charge in [0.2, 0.25) is 11.8 Å². The second-order valence-electron chi connectivity index (χ2n) is 11.3. The Hall–Kier alpha value is -3.11. The third-order valence-corrected chi connectivity index (χ3v) is 9.02. The van der Waals surface area contributed by atoms with Gasteiger partial charge in [-0.25, -0.2) is 4.68 Å². The van der Waals surface area contributed by atoms with Gasteiger partial charge in [-0.15, -0.1) is 5.92 Å². The van der Waals surface area contributed by atoms with Crippen LogP contribution in [0.2, 0.25) is 0 Å². The van der Waals surface area contributed by atoms with Crippen LogP contribution in [0.3, 0.4) is 0 Å². The van der Waals surface area contributed by atoms with Crippen LogP contribution in [0.25, 0.3) is 5.69 Å². The van der Waals surface area contributed by atoms with E-state index in [-0.39, 0.29) is 11.8 Å². The van der Waals surface area contributed by atoms with Gasteiger partial charge in [-0.05, 0) is 58.1 Å². The minimum Gasteiger partial charge on any atom is -0.342 e. The average Bonchev–Trinajstić information content (AvgIpc) is 3.22. The Balaban J connectivity index is 1.29. The van der Waals surface area contributed by atoms with Crippen molar-refractivity contribution in [3.63, 3.8) is 0 Å². The zero-order chi connectivity index (χ0) is 26.7. The zero-order valence-corrected chi connectivity index (χ0v) is 23.1. The Morgan fingerprint density at radius 2 is 1.76 bits per heavy atom. The van der Waals surface area contributed by atoms with Gasteiger partial charge >= 0.3 is 0 Å². The fourth-order valence-electron chi connectivity index (χ4n) is 6.71. The molecular formula is C31H41N5O2. The van der Waals surface area contributed by atoms with Crippen molar-refractivity contribution in [2.24, 2.45) is 5.92 Å². The summed E-state index contributed by atoms with van der Waals surface area (Å²) in [4.78, 5) is 31.7. The van der Waals surface area contributed by atoms with Crippen molar-refractivity contribution in [1.82, 2.24) is 24.9 Å². The van der Waals surface area contributed by atoms with E-state index in [1.54, 1.807) is 6.92 Å². The summed E-state index contributed by atoms with van der Waals surface area (Å²) in [6.45, 7) is 8.60. The average molecular weight is 516 g/mol. The number of piperazine rings is 1. The maximum Gasteiger partial charge on any atom is 0.246 e. The molecule has 38 heavy (non-hydrogen) atoms. The van der Waals surface area contributed by atoms with Gasteiger partial charge in [-0.1, -0.05) is 56.2 Å². The minimum absolute atomic E-state index is 0.0136. The van der Waals surface area contributed by atoms with E-state index in [0.29, 0.717) is 25.3 Å². The molecule has 0 radical (unpaired) electrons. The number of likely N-dealkylation sites (tertiary alicyclic amines) is 1. The molecule has 3 heterocycles. The van der Waals surface area contributed by atoms with E-state index in [2.05, 4.69) is 48.0 Å². The van der Waals surface area contributed by atoms with Crippen molar-refractivity contribution in [3.8, 4) is 17.5 Å². The molecule has 1 aliphatic carbocycles. The van der Waals surface area contributed by atoms with Crippen molar-refractivity contribution in [2.45, 2.75) is 90.3 Å². The van der Waals surface area contributed by atoms with E-state index < -0.39 is 11.6 Å². The lowest BCUT2D eigenvalue weighted by Crippen LogP contribution is -2.73. The Morgan fingerprint density at radius 3 is 2.45 bits per heavy atom. The first-order valence-corrected chi connectivity index (χ1v) is 14.3. The highest BCUT2D eigenvalue weighted by molar-refractivity contribution is 6.00. The number of aromatic nitrogens is 2. The van der Waals surface area contributed by atoms with Gasteiger partial charge in [0.05, 0.1) is 17.9 Å². The van der Waals surface area contributed by atoms with E-state index in [9.17, 15) is 9.59 Å². The number of rotatable bonds is 6. The fourth-order valence-corrected chi connectivity index (χ4v) is 6.71. The number of hydrogen-bond donors (Lipinski definition) is 1. The highest BCUT2D eigenvalue weighted by Crippen LogP contribution is 2.36. The summed E-state index contributed by atoms with van der Waals surface area (Å²) >= 11 is 0. The Morgan fingerprint density at radius 1 is 1.05 bits per heavy atom. The second kappa shape index (κ2) is 11.3. The van der Waals surface area contributed by atoms with Crippen molar-refractivity contribution < 1.29 is 9.59 Å². The van der Waals surface area contributed by atoms with Gasteiger partial charge in [-0.2, -0.15) is 5.10 Å². The first kappa shape index (κ1) is 26.5. The normalized spacial score (nSPS) is 22.3. The number of piperidine rings is 1. The molecule has 2 saturated heterocycles. The molecule has 2 amide bonds. The second-order valence-corrected chi connectivity index (χ2v) is 11.3. The molecule has 0 bridgehead atoms. The number of benzene rings is 1. The van der Waals surface area contributed by atoms with Crippen LogP contribution in [0.4, 0.5) is 0 Å². The number of hydrogen-bond acceptors (Lipinski definition) is 4. The molecule has 202 valence electrons. The van der Waals surface area contributed by atoms with E-state index >= 15 is 0 Å². The number of nitrogens with zero attached hydrogens (tertiary/aromatic N) is 4. The fraction of sp³-hybridized carbons (Fsp3) is 0.581. The van der Waals surface area contributed by atoms with Crippen LogP contribution in [0.5, 0.6) is 0 Å². The molecule has 1 saturated carbocycles. The zero-order valence-electron chi connectivity index (χ0n) is 23.1. The summed E-state index contributed by atoms with van der Waals surface area (Å²) in [6, 6.07) is 9.80. The smallest absolute Gasteiger partial charge is 0.246 e. The van der Waals surface area contributed by atoms with Crippen LogP contribution >= 0.6 is 0 Å². The van der Waals surface area contributed by atoms with Gasteiger partial charge in [0.25, 0.3) is 0 Å². The molecule has 3 aliphatic rings. The minimum atomic E-state index is -0.807. The van der Waals surface area contributed by atoms with Crippen molar-refractivity contribution in [1.29, 1.82) is 0 Å². The number of amides is 2. The van der Waals surface area contributed by atoms with E-state index in [4.69, 9.17) is 5.10 Å². The van der Waals surface area contributed by atoms with Crippen LogP contribution in [0.1, 0.15) is 75.2 Å². The number of carbonyl (C=O) groups excluding carboxylic acids is 2. The summed E-state index contributed by atoms with van der Waals surface area (Å²) in [6.07, 6.45) is 8.07. The molecule has 7 heteroatoms. The molecule has 1 spiro atoms. The van der Waals surface area contributed by atoms with Gasteiger partial charge in [-0.3, -0.25) is 14.5 Å². The molecule has 1 aromatic carbocycles. The summed E-state index contributed by atoms with van der Waals surface area (Å²) in [7, 11) is 0. The third-order valence-electron chi connectivity index (χ3n) is 9.02. The van der Waals surface area contributed by atoms with Gasteiger partial charge in [0.15, 0.2) is 0 Å². The highest BCUT2D eigenvalue weighted by Gasteiger charge is 2.53. The molecule has 5 rings (SSSR count). The van der Waals surface area contributed by atoms with Crippen molar-refractivity contribution in [3.05, 3.63) is 47.3 Å².